The molecule has 0 aromatic heterocycles. The highest BCUT2D eigenvalue weighted by atomic mass is 32.2. The number of hydrogen-bond donors (Lipinski definition) is 0. The minimum Gasteiger partial charge on any atom is -0.497 e. The van der Waals surface area contributed by atoms with Crippen LogP contribution >= 0.6 is 0 Å². The van der Waals surface area contributed by atoms with E-state index in [0.717, 1.165) is 42.4 Å². The molecule has 0 aliphatic carbocycles. The molecule has 0 spiro atoms. The Morgan fingerprint density at radius 2 is 2.00 bits per heavy atom. The molecule has 0 bridgehead atoms. The first-order valence-corrected chi connectivity index (χ1v) is 7.91. The normalized spacial score (nSPS) is 15.9. The van der Waals surface area contributed by atoms with Crippen molar-refractivity contribution in [3.8, 4) is 5.75 Å². The lowest BCUT2D eigenvalue weighted by atomic mass is 10.3. The number of rotatable bonds is 3. The number of amides is 1. The van der Waals surface area contributed by atoms with Gasteiger partial charge in [-0.2, -0.15) is 0 Å². The molecule has 1 aliphatic rings. The lowest BCUT2D eigenvalue weighted by Gasteiger charge is -2.20. The molecule has 1 fully saturated rings. The van der Waals surface area contributed by atoms with Crippen LogP contribution in [0, 0.1) is 0 Å². The third kappa shape index (κ3) is 5.71. The summed E-state index contributed by atoms with van der Waals surface area (Å²) in [5.74, 6) is 2.49. The molecule has 112 valence electrons. The highest BCUT2D eigenvalue weighted by Crippen LogP contribution is 2.18. The Balaban J connectivity index is 0.000000217. The number of hydrogen-bond acceptors (Lipinski definition) is 4. The lowest BCUT2D eigenvalue weighted by Crippen LogP contribution is -2.34. The number of nitrogens with zero attached hydrogens (tertiary/aromatic N) is 2. The first-order valence-electron chi connectivity index (χ1n) is 6.42. The first-order chi connectivity index (χ1) is 9.56. The summed E-state index contributed by atoms with van der Waals surface area (Å²) < 4.78 is 15.7. The molecule has 0 radical (unpaired) electrons. The Labute approximate surface area is 123 Å². The van der Waals surface area contributed by atoms with Crippen LogP contribution in [0.15, 0.2) is 24.3 Å². The van der Waals surface area contributed by atoms with E-state index in [-0.39, 0.29) is 0 Å². The molecular weight excluding hydrogens is 276 g/mol. The van der Waals surface area contributed by atoms with E-state index in [1.165, 1.54) is 4.90 Å². The van der Waals surface area contributed by atoms with Crippen LogP contribution < -0.4 is 9.64 Å². The van der Waals surface area contributed by atoms with E-state index in [1.807, 2.05) is 18.2 Å². The predicted molar refractivity (Wildman–Crippen MR) is 82.8 cm³/mol. The first kappa shape index (κ1) is 16.7. The van der Waals surface area contributed by atoms with Crippen LogP contribution in [0.3, 0.4) is 0 Å². The largest absolute Gasteiger partial charge is 0.497 e. The van der Waals surface area contributed by atoms with Gasteiger partial charge in [0.2, 0.25) is 6.41 Å². The maximum Gasteiger partial charge on any atom is 0.213 e. The molecule has 1 aliphatic heterocycles. The summed E-state index contributed by atoms with van der Waals surface area (Å²) in [6, 6.07) is 7.32. The summed E-state index contributed by atoms with van der Waals surface area (Å²) in [5.41, 5.74) is 0.823. The Morgan fingerprint density at radius 3 is 2.50 bits per heavy atom. The van der Waals surface area contributed by atoms with Gasteiger partial charge in [0.15, 0.2) is 0 Å². The van der Waals surface area contributed by atoms with E-state index in [2.05, 4.69) is 11.9 Å². The zero-order chi connectivity index (χ0) is 15.0. The van der Waals surface area contributed by atoms with Crippen molar-refractivity contribution in [2.75, 3.05) is 50.7 Å². The van der Waals surface area contributed by atoms with Crippen LogP contribution in [0.25, 0.3) is 0 Å². The Kier molecular flexibility index (Phi) is 7.25. The quantitative estimate of drug-likeness (QED) is 0.780. The topological polar surface area (TPSA) is 49.9 Å². The molecule has 1 saturated heterocycles. The van der Waals surface area contributed by atoms with Crippen LogP contribution in [0.2, 0.25) is 0 Å². The van der Waals surface area contributed by atoms with E-state index in [1.54, 1.807) is 20.2 Å². The van der Waals surface area contributed by atoms with Gasteiger partial charge < -0.3 is 14.5 Å². The number of carbonyl (C=O) groups excluding carboxylic acids is 1. The molecule has 1 amide bonds. The van der Waals surface area contributed by atoms with Crippen molar-refractivity contribution in [2.24, 2.45) is 0 Å². The lowest BCUT2D eigenvalue weighted by molar-refractivity contribution is -0.107. The van der Waals surface area contributed by atoms with Crippen molar-refractivity contribution in [3.63, 3.8) is 0 Å². The van der Waals surface area contributed by atoms with Gasteiger partial charge in [-0.3, -0.25) is 9.00 Å². The number of benzene rings is 1. The smallest absolute Gasteiger partial charge is 0.213 e. The maximum atomic E-state index is 10.7. The SMILES string of the molecule is CN1CCS(=O)CC1.COc1cccc(N(C)C=O)c1. The third-order valence-corrected chi connectivity index (χ3v) is 4.30. The Morgan fingerprint density at radius 1 is 1.35 bits per heavy atom. The van der Waals surface area contributed by atoms with Crippen LogP contribution in [0.5, 0.6) is 5.75 Å². The molecule has 0 saturated carbocycles. The van der Waals surface area contributed by atoms with Gasteiger partial charge in [0, 0.05) is 54.2 Å². The fraction of sp³-hybridized carbons (Fsp3) is 0.500. The molecule has 1 heterocycles. The third-order valence-electron chi connectivity index (χ3n) is 3.02. The van der Waals surface area contributed by atoms with Gasteiger partial charge in [-0.25, -0.2) is 0 Å². The van der Waals surface area contributed by atoms with Crippen LogP contribution in [0.4, 0.5) is 5.69 Å². The number of methoxy groups -OCH3 is 1. The summed E-state index contributed by atoms with van der Waals surface area (Å²) in [7, 11) is 4.86. The standard InChI is InChI=1S/C9H11NO2.C5H11NOS/c1-10(7-11)8-4-3-5-9(6-8)12-2;1-6-2-4-8(7)5-3-6/h3-7H,1-2H3;2-5H2,1H3. The number of carbonyl (C=O) groups is 1. The average Bonchev–Trinajstić information content (AvgIpc) is 2.50. The van der Waals surface area contributed by atoms with Crippen molar-refractivity contribution in [2.45, 2.75) is 0 Å². The van der Waals surface area contributed by atoms with E-state index >= 15 is 0 Å². The van der Waals surface area contributed by atoms with Gasteiger partial charge in [-0.05, 0) is 19.2 Å². The number of anilines is 1. The van der Waals surface area contributed by atoms with Crippen molar-refractivity contribution in [1.29, 1.82) is 0 Å². The van der Waals surface area contributed by atoms with Crippen molar-refractivity contribution in [3.05, 3.63) is 24.3 Å². The van der Waals surface area contributed by atoms with Crippen LogP contribution in [-0.4, -0.2) is 61.3 Å². The van der Waals surface area contributed by atoms with E-state index < -0.39 is 10.8 Å². The van der Waals surface area contributed by atoms with Crippen LogP contribution in [0.1, 0.15) is 0 Å². The molecule has 1 aromatic carbocycles. The minimum atomic E-state index is -0.503. The van der Waals surface area contributed by atoms with Gasteiger partial charge in [-0.1, -0.05) is 6.07 Å². The van der Waals surface area contributed by atoms with Crippen molar-refractivity contribution < 1.29 is 13.7 Å². The monoisotopic (exact) mass is 298 g/mol. The fourth-order valence-corrected chi connectivity index (χ4v) is 2.85. The summed E-state index contributed by atoms with van der Waals surface area (Å²) in [6.45, 7) is 2.01. The van der Waals surface area contributed by atoms with Crippen LogP contribution in [-0.2, 0) is 15.6 Å². The van der Waals surface area contributed by atoms with Crippen molar-refractivity contribution in [1.82, 2.24) is 4.90 Å². The van der Waals surface area contributed by atoms with Gasteiger partial charge >= 0.3 is 0 Å². The minimum absolute atomic E-state index is 0.503. The zero-order valence-electron chi connectivity index (χ0n) is 12.2. The van der Waals surface area contributed by atoms with E-state index in [9.17, 15) is 9.00 Å². The molecule has 20 heavy (non-hydrogen) atoms. The summed E-state index contributed by atoms with van der Waals surface area (Å²) in [4.78, 5) is 14.1. The zero-order valence-corrected chi connectivity index (χ0v) is 13.1. The second kappa shape index (κ2) is 8.71. The fourth-order valence-electron chi connectivity index (χ4n) is 1.62. The predicted octanol–water partition coefficient (Wildman–Crippen LogP) is 0.968. The highest BCUT2D eigenvalue weighted by molar-refractivity contribution is 7.85. The van der Waals surface area contributed by atoms with Gasteiger partial charge in [0.1, 0.15) is 5.75 Å². The highest BCUT2D eigenvalue weighted by Gasteiger charge is 2.09. The Bertz CT molecular complexity index is 444. The Hall–Kier alpha value is -1.40. The molecule has 0 unspecified atom stereocenters. The summed E-state index contributed by atoms with van der Waals surface area (Å²) >= 11 is 0. The second-order valence-electron chi connectivity index (χ2n) is 4.57. The summed E-state index contributed by atoms with van der Waals surface area (Å²) in [6.07, 6.45) is 0.759. The molecule has 0 N–H and O–H groups in total. The van der Waals surface area contributed by atoms with Gasteiger partial charge in [0.25, 0.3) is 0 Å². The maximum absolute atomic E-state index is 10.7. The summed E-state index contributed by atoms with van der Waals surface area (Å²) in [5, 5.41) is 0. The molecule has 2 rings (SSSR count). The molecule has 5 nitrogen and oxygen atoms in total. The van der Waals surface area contributed by atoms with Gasteiger partial charge in [-0.15, -0.1) is 0 Å². The molecule has 0 atom stereocenters. The molecule has 6 heteroatoms. The van der Waals surface area contributed by atoms with E-state index in [0.29, 0.717) is 0 Å². The van der Waals surface area contributed by atoms with Crippen molar-refractivity contribution >= 4 is 22.9 Å². The van der Waals surface area contributed by atoms with Gasteiger partial charge in [0.05, 0.1) is 7.11 Å². The molecular formula is C14H22N2O3S. The number of ether oxygens (including phenoxy) is 1. The van der Waals surface area contributed by atoms with E-state index in [4.69, 9.17) is 4.74 Å². The second-order valence-corrected chi connectivity index (χ2v) is 6.27. The average molecular weight is 298 g/mol. The molecule has 1 aromatic rings.